The van der Waals surface area contributed by atoms with Crippen LogP contribution >= 0.6 is 0 Å². The van der Waals surface area contributed by atoms with Crippen LogP contribution in [-0.2, 0) is 0 Å². The first-order valence-corrected chi connectivity index (χ1v) is 8.27. The van der Waals surface area contributed by atoms with Crippen LogP contribution in [0.25, 0.3) is 6.08 Å². The van der Waals surface area contributed by atoms with Gasteiger partial charge in [-0.25, -0.2) is 0 Å². The number of rotatable bonds is 8. The fraction of sp³-hybridized carbons (Fsp3) is 0.286. The number of carbonyl (C=O) groups is 1. The number of carbonyl (C=O) groups excluding carboxylic acids is 1. The van der Waals surface area contributed by atoms with Gasteiger partial charge in [0.25, 0.3) is 0 Å². The minimum Gasteiger partial charge on any atom is -0.496 e. The lowest BCUT2D eigenvalue weighted by Gasteiger charge is -2.10. The van der Waals surface area contributed by atoms with Crippen molar-refractivity contribution in [2.75, 3.05) is 20.8 Å². The van der Waals surface area contributed by atoms with Gasteiger partial charge in [0.15, 0.2) is 5.78 Å². The number of benzene rings is 2. The molecule has 0 radical (unpaired) electrons. The molecule has 132 valence electrons. The van der Waals surface area contributed by atoms with E-state index in [0.29, 0.717) is 12.2 Å². The van der Waals surface area contributed by atoms with E-state index in [-0.39, 0.29) is 5.78 Å². The molecule has 4 heteroatoms. The largest absolute Gasteiger partial charge is 0.496 e. The molecule has 25 heavy (non-hydrogen) atoms. The Kier molecular flexibility index (Phi) is 6.63. The van der Waals surface area contributed by atoms with E-state index in [1.165, 1.54) is 0 Å². The molecule has 0 aliphatic heterocycles. The van der Waals surface area contributed by atoms with Crippen LogP contribution in [0.1, 0.15) is 34.8 Å². The lowest BCUT2D eigenvalue weighted by molar-refractivity contribution is 0.104. The fourth-order valence-electron chi connectivity index (χ4n) is 2.41. The van der Waals surface area contributed by atoms with Gasteiger partial charge >= 0.3 is 0 Å². The summed E-state index contributed by atoms with van der Waals surface area (Å²) in [6.45, 7) is 4.65. The number of hydrogen-bond acceptors (Lipinski definition) is 4. The third-order valence-corrected chi connectivity index (χ3v) is 3.81. The van der Waals surface area contributed by atoms with Crippen molar-refractivity contribution in [2.45, 2.75) is 20.3 Å². The van der Waals surface area contributed by atoms with Gasteiger partial charge in [-0.1, -0.05) is 13.0 Å². The van der Waals surface area contributed by atoms with Crippen molar-refractivity contribution in [3.8, 4) is 17.2 Å². The van der Waals surface area contributed by atoms with E-state index in [9.17, 15) is 4.79 Å². The molecule has 4 nitrogen and oxygen atoms in total. The van der Waals surface area contributed by atoms with Crippen LogP contribution in [0, 0.1) is 6.92 Å². The zero-order valence-corrected chi connectivity index (χ0v) is 15.2. The lowest BCUT2D eigenvalue weighted by atomic mass is 10.1. The highest BCUT2D eigenvalue weighted by atomic mass is 16.5. The predicted octanol–water partition coefficient (Wildman–Crippen LogP) is 4.70. The molecule has 0 atom stereocenters. The third kappa shape index (κ3) is 4.86. The second-order valence-corrected chi connectivity index (χ2v) is 5.62. The van der Waals surface area contributed by atoms with Crippen molar-refractivity contribution in [1.82, 2.24) is 0 Å². The summed E-state index contributed by atoms with van der Waals surface area (Å²) in [5.74, 6) is 2.16. The van der Waals surface area contributed by atoms with Gasteiger partial charge in [-0.2, -0.15) is 0 Å². The van der Waals surface area contributed by atoms with Crippen molar-refractivity contribution in [1.29, 1.82) is 0 Å². The van der Waals surface area contributed by atoms with E-state index < -0.39 is 0 Å². The van der Waals surface area contributed by atoms with Crippen LogP contribution in [-0.4, -0.2) is 26.6 Å². The molecule has 0 unspecified atom stereocenters. The maximum absolute atomic E-state index is 12.3. The van der Waals surface area contributed by atoms with Crippen molar-refractivity contribution in [3.05, 3.63) is 59.2 Å². The Bertz CT molecular complexity index is 720. The Morgan fingerprint density at radius 3 is 2.16 bits per heavy atom. The highest BCUT2D eigenvalue weighted by Crippen LogP contribution is 2.30. The molecule has 2 aromatic carbocycles. The van der Waals surface area contributed by atoms with Gasteiger partial charge < -0.3 is 14.2 Å². The Labute approximate surface area is 149 Å². The molecule has 0 bridgehead atoms. The molecule has 0 aliphatic rings. The van der Waals surface area contributed by atoms with E-state index >= 15 is 0 Å². The number of hydrogen-bond donors (Lipinski definition) is 0. The molecule has 0 fully saturated rings. The Balaban J connectivity index is 2.14. The highest BCUT2D eigenvalue weighted by molar-refractivity contribution is 6.06. The molecule has 0 saturated heterocycles. The van der Waals surface area contributed by atoms with E-state index in [0.717, 1.165) is 34.8 Å². The van der Waals surface area contributed by atoms with Gasteiger partial charge in [-0.05, 0) is 61.4 Å². The molecule has 0 saturated carbocycles. The molecule has 2 aromatic rings. The molecular weight excluding hydrogens is 316 g/mol. The monoisotopic (exact) mass is 340 g/mol. The van der Waals surface area contributed by atoms with Crippen molar-refractivity contribution < 1.29 is 19.0 Å². The number of methoxy groups -OCH3 is 2. The summed E-state index contributed by atoms with van der Waals surface area (Å²) in [7, 11) is 3.23. The van der Waals surface area contributed by atoms with Crippen LogP contribution in [0.4, 0.5) is 0 Å². The second kappa shape index (κ2) is 8.92. The van der Waals surface area contributed by atoms with Gasteiger partial charge in [0, 0.05) is 11.1 Å². The van der Waals surface area contributed by atoms with Crippen molar-refractivity contribution in [3.63, 3.8) is 0 Å². The van der Waals surface area contributed by atoms with Gasteiger partial charge in [0.2, 0.25) is 0 Å². The normalized spacial score (nSPS) is 10.7. The van der Waals surface area contributed by atoms with Crippen LogP contribution in [0.15, 0.2) is 42.5 Å². The lowest BCUT2D eigenvalue weighted by Crippen LogP contribution is -1.97. The molecule has 2 rings (SSSR count). The first-order valence-electron chi connectivity index (χ1n) is 8.27. The average molecular weight is 340 g/mol. The molecule has 0 amide bonds. The zero-order chi connectivity index (χ0) is 18.2. The van der Waals surface area contributed by atoms with Gasteiger partial charge in [-0.3, -0.25) is 4.79 Å². The highest BCUT2D eigenvalue weighted by Gasteiger charge is 2.08. The fourth-order valence-corrected chi connectivity index (χ4v) is 2.41. The minimum absolute atomic E-state index is 0.0689. The zero-order valence-electron chi connectivity index (χ0n) is 15.2. The molecule has 0 aromatic heterocycles. The smallest absolute Gasteiger partial charge is 0.185 e. The Hall–Kier alpha value is -2.75. The van der Waals surface area contributed by atoms with E-state index in [4.69, 9.17) is 14.2 Å². The summed E-state index contributed by atoms with van der Waals surface area (Å²) >= 11 is 0. The van der Waals surface area contributed by atoms with E-state index in [1.54, 1.807) is 38.5 Å². The number of allylic oxidation sites excluding steroid dienone is 1. The summed E-state index contributed by atoms with van der Waals surface area (Å²) in [6.07, 6.45) is 4.26. The molecular formula is C21H24O4. The van der Waals surface area contributed by atoms with Crippen LogP contribution in [0.5, 0.6) is 17.2 Å². The molecule has 0 aliphatic carbocycles. The van der Waals surface area contributed by atoms with E-state index in [2.05, 4.69) is 6.92 Å². The predicted molar refractivity (Wildman–Crippen MR) is 99.9 cm³/mol. The maximum Gasteiger partial charge on any atom is 0.185 e. The summed E-state index contributed by atoms with van der Waals surface area (Å²) in [4.78, 5) is 12.3. The molecule has 0 spiro atoms. The van der Waals surface area contributed by atoms with Crippen molar-refractivity contribution in [2.24, 2.45) is 0 Å². The topological polar surface area (TPSA) is 44.8 Å². The molecule has 0 heterocycles. The number of ketones is 1. The Morgan fingerprint density at radius 1 is 1.04 bits per heavy atom. The van der Waals surface area contributed by atoms with Crippen molar-refractivity contribution >= 4 is 11.9 Å². The first kappa shape index (κ1) is 18.6. The SMILES string of the molecule is CCCOc1ccc(C(=O)/C=C/c2cc(OC)c(C)c(OC)c2)cc1. The summed E-state index contributed by atoms with van der Waals surface area (Å²) in [5, 5.41) is 0. The van der Waals surface area contributed by atoms with Crippen LogP contribution < -0.4 is 14.2 Å². The maximum atomic E-state index is 12.3. The standard InChI is InChI=1S/C21H24O4/c1-5-12-25-18-9-7-17(8-10-18)19(22)11-6-16-13-20(23-3)15(2)21(14-16)24-4/h6-11,13-14H,5,12H2,1-4H3/b11-6+. The van der Waals surface area contributed by atoms with Crippen LogP contribution in [0.2, 0.25) is 0 Å². The minimum atomic E-state index is -0.0689. The summed E-state index contributed by atoms with van der Waals surface area (Å²) in [5.41, 5.74) is 2.39. The average Bonchev–Trinajstić information content (AvgIpc) is 2.65. The summed E-state index contributed by atoms with van der Waals surface area (Å²) < 4.78 is 16.2. The van der Waals surface area contributed by atoms with Gasteiger partial charge in [0.05, 0.1) is 20.8 Å². The molecule has 0 N–H and O–H groups in total. The Morgan fingerprint density at radius 2 is 1.64 bits per heavy atom. The van der Waals surface area contributed by atoms with E-state index in [1.807, 2.05) is 31.2 Å². The number of ether oxygens (including phenoxy) is 3. The second-order valence-electron chi connectivity index (χ2n) is 5.62. The van der Waals surface area contributed by atoms with Gasteiger partial charge in [0.1, 0.15) is 17.2 Å². The van der Waals surface area contributed by atoms with Crippen LogP contribution in [0.3, 0.4) is 0 Å². The summed E-state index contributed by atoms with van der Waals surface area (Å²) in [6, 6.07) is 10.9. The van der Waals surface area contributed by atoms with Gasteiger partial charge in [-0.15, -0.1) is 0 Å². The quantitative estimate of drug-likeness (QED) is 0.516. The first-order chi connectivity index (χ1) is 12.1. The third-order valence-electron chi connectivity index (χ3n) is 3.81.